The minimum Gasteiger partial charge on any atom is -0.374 e. The van der Waals surface area contributed by atoms with Gasteiger partial charge >= 0.3 is 0 Å². The lowest BCUT2D eigenvalue weighted by Crippen LogP contribution is -2.29. The first-order valence-corrected chi connectivity index (χ1v) is 8.82. The quantitative estimate of drug-likeness (QED) is 0.398. The van der Waals surface area contributed by atoms with Crippen LogP contribution < -0.4 is 5.73 Å². The minimum absolute atomic E-state index is 0.267. The molecule has 1 amide bonds. The van der Waals surface area contributed by atoms with Gasteiger partial charge in [0.05, 0.1) is 0 Å². The van der Waals surface area contributed by atoms with Crippen molar-refractivity contribution in [3.63, 3.8) is 0 Å². The summed E-state index contributed by atoms with van der Waals surface area (Å²) in [4.78, 5) is 14.0. The minimum atomic E-state index is -0.267. The predicted octanol–water partition coefficient (Wildman–Crippen LogP) is 4.62. The third-order valence-electron chi connectivity index (χ3n) is 4.01. The first kappa shape index (κ1) is 20.0. The second-order valence-corrected chi connectivity index (χ2v) is 5.94. The number of primary amides is 1. The van der Waals surface area contributed by atoms with Crippen molar-refractivity contribution in [1.29, 1.82) is 0 Å². The molecule has 0 aliphatic rings. The van der Waals surface area contributed by atoms with E-state index in [9.17, 15) is 4.79 Å². The lowest BCUT2D eigenvalue weighted by Gasteiger charge is -2.29. The molecule has 124 valence electrons. The summed E-state index contributed by atoms with van der Waals surface area (Å²) in [7, 11) is 0. The molecule has 21 heavy (non-hydrogen) atoms. The van der Waals surface area contributed by atoms with E-state index < -0.39 is 0 Å². The molecular weight excluding hydrogens is 260 g/mol. The topological polar surface area (TPSA) is 46.3 Å². The molecule has 0 saturated heterocycles. The Kier molecular flexibility index (Phi) is 12.1. The van der Waals surface area contributed by atoms with Crippen LogP contribution in [-0.2, 0) is 4.79 Å². The fraction of sp³-hybridized carbons (Fsp3) is 0.833. The van der Waals surface area contributed by atoms with E-state index in [0.29, 0.717) is 0 Å². The molecule has 0 rings (SSSR count). The number of allylic oxidation sites excluding steroid dienone is 1. The monoisotopic (exact) mass is 296 g/mol. The van der Waals surface area contributed by atoms with Crippen LogP contribution >= 0.6 is 0 Å². The molecular formula is C18H36N2O. The Balaban J connectivity index is 4.95. The Hall–Kier alpha value is -0.990. The Morgan fingerprint density at radius 2 is 1.33 bits per heavy atom. The molecule has 0 atom stereocenters. The first-order valence-electron chi connectivity index (χ1n) is 8.82. The second-order valence-electron chi connectivity index (χ2n) is 5.94. The molecule has 0 heterocycles. The van der Waals surface area contributed by atoms with Crippen molar-refractivity contribution in [3.8, 4) is 0 Å². The maximum Gasteiger partial charge on any atom is 0.246 e. The molecule has 0 aliphatic heterocycles. The summed E-state index contributed by atoms with van der Waals surface area (Å²) >= 11 is 0. The summed E-state index contributed by atoms with van der Waals surface area (Å²) < 4.78 is 0. The number of unbranched alkanes of at least 4 members (excludes halogenated alkanes) is 5. The van der Waals surface area contributed by atoms with E-state index in [-0.39, 0.29) is 5.91 Å². The molecule has 0 aliphatic carbocycles. The Morgan fingerprint density at radius 3 is 1.71 bits per heavy atom. The molecule has 3 nitrogen and oxygen atoms in total. The summed E-state index contributed by atoms with van der Waals surface area (Å²) in [5.74, 6) is -0.267. The summed E-state index contributed by atoms with van der Waals surface area (Å²) in [6.45, 7) is 10.6. The van der Waals surface area contributed by atoms with Gasteiger partial charge in [-0.15, -0.1) is 0 Å². The van der Waals surface area contributed by atoms with Crippen LogP contribution in [0.5, 0.6) is 0 Å². The van der Waals surface area contributed by atoms with Crippen LogP contribution in [0.1, 0.15) is 85.5 Å². The van der Waals surface area contributed by atoms with Crippen LogP contribution in [0, 0.1) is 0 Å². The van der Waals surface area contributed by atoms with Gasteiger partial charge in [0.25, 0.3) is 0 Å². The van der Waals surface area contributed by atoms with Gasteiger partial charge in [0.15, 0.2) is 0 Å². The lowest BCUT2D eigenvalue weighted by atomic mass is 10.1. The number of nitrogens with two attached hydrogens (primary N) is 1. The van der Waals surface area contributed by atoms with Crippen molar-refractivity contribution in [2.45, 2.75) is 85.5 Å². The van der Waals surface area contributed by atoms with Crippen LogP contribution in [0.25, 0.3) is 0 Å². The first-order chi connectivity index (χ1) is 10.1. The Bertz CT molecular complexity index is 300. The summed E-state index contributed by atoms with van der Waals surface area (Å²) in [5, 5.41) is 0. The van der Waals surface area contributed by atoms with Crippen LogP contribution in [0.2, 0.25) is 0 Å². The molecule has 0 fully saturated rings. The molecule has 0 bridgehead atoms. The largest absolute Gasteiger partial charge is 0.374 e. The second kappa shape index (κ2) is 12.7. The van der Waals surface area contributed by atoms with Crippen LogP contribution in [0.4, 0.5) is 0 Å². The average Bonchev–Trinajstić information content (AvgIpc) is 2.47. The molecule has 0 saturated carbocycles. The van der Waals surface area contributed by atoms with Gasteiger partial charge in [0.1, 0.15) is 0 Å². The number of amides is 1. The highest BCUT2D eigenvalue weighted by molar-refractivity contribution is 5.91. The van der Waals surface area contributed by atoms with E-state index in [4.69, 9.17) is 5.73 Å². The summed E-state index contributed by atoms with van der Waals surface area (Å²) in [6.07, 6.45) is 10.6. The number of hydrogen-bond donors (Lipinski definition) is 1. The smallest absolute Gasteiger partial charge is 0.246 e. The number of nitrogens with zero attached hydrogens (tertiary/aromatic N) is 1. The third kappa shape index (κ3) is 8.79. The number of carbonyl (C=O) groups is 1. The maximum absolute atomic E-state index is 11.6. The predicted molar refractivity (Wildman–Crippen MR) is 92.0 cm³/mol. The van der Waals surface area contributed by atoms with E-state index >= 15 is 0 Å². The van der Waals surface area contributed by atoms with E-state index in [1.54, 1.807) is 0 Å². The van der Waals surface area contributed by atoms with Crippen molar-refractivity contribution < 1.29 is 4.79 Å². The van der Waals surface area contributed by atoms with Crippen molar-refractivity contribution in [2.24, 2.45) is 5.73 Å². The maximum atomic E-state index is 11.6. The molecule has 0 aromatic carbocycles. The van der Waals surface area contributed by atoms with E-state index in [1.165, 1.54) is 44.2 Å². The Morgan fingerprint density at radius 1 is 0.857 bits per heavy atom. The zero-order valence-electron chi connectivity index (χ0n) is 14.7. The zero-order chi connectivity index (χ0) is 16.1. The van der Waals surface area contributed by atoms with Gasteiger partial charge in [-0.25, -0.2) is 0 Å². The fourth-order valence-corrected chi connectivity index (χ4v) is 2.56. The van der Waals surface area contributed by atoms with Crippen molar-refractivity contribution >= 4 is 5.91 Å². The summed E-state index contributed by atoms with van der Waals surface area (Å²) in [5.41, 5.74) is 7.48. The molecule has 3 heteroatoms. The SMILES string of the molecule is CCCCCN(CCCCC)/C(CCCC)=C(\C)C(N)=O. The van der Waals surface area contributed by atoms with Gasteiger partial charge in [-0.05, 0) is 32.6 Å². The molecule has 0 aromatic rings. The van der Waals surface area contributed by atoms with Gasteiger partial charge in [-0.3, -0.25) is 4.79 Å². The normalized spacial score (nSPS) is 12.2. The Labute approximate surface area is 132 Å². The highest BCUT2D eigenvalue weighted by Gasteiger charge is 2.14. The molecule has 0 aromatic heterocycles. The van der Waals surface area contributed by atoms with Gasteiger partial charge in [-0.1, -0.05) is 52.9 Å². The summed E-state index contributed by atoms with van der Waals surface area (Å²) in [6, 6.07) is 0. The molecule has 0 radical (unpaired) electrons. The molecule has 0 spiro atoms. The highest BCUT2D eigenvalue weighted by atomic mass is 16.1. The van der Waals surface area contributed by atoms with Gasteiger partial charge in [0.2, 0.25) is 5.91 Å². The van der Waals surface area contributed by atoms with Crippen LogP contribution in [-0.4, -0.2) is 23.9 Å². The average molecular weight is 296 g/mol. The fourth-order valence-electron chi connectivity index (χ4n) is 2.56. The van der Waals surface area contributed by atoms with E-state index in [2.05, 4.69) is 25.7 Å². The zero-order valence-corrected chi connectivity index (χ0v) is 14.7. The standard InChI is InChI=1S/C18H36N2O/c1-5-8-11-14-20(15-12-9-6-2)17(13-10-7-3)16(4)18(19)21/h5-15H2,1-4H3,(H2,19,21)/b17-16+. The van der Waals surface area contributed by atoms with Gasteiger partial charge in [-0.2, -0.15) is 0 Å². The van der Waals surface area contributed by atoms with Crippen molar-refractivity contribution in [1.82, 2.24) is 4.90 Å². The van der Waals surface area contributed by atoms with E-state index in [1.807, 2.05) is 6.92 Å². The number of rotatable bonds is 13. The van der Waals surface area contributed by atoms with E-state index in [0.717, 1.165) is 37.9 Å². The number of carbonyl (C=O) groups excluding carboxylic acids is 1. The molecule has 2 N–H and O–H groups in total. The van der Waals surface area contributed by atoms with Crippen LogP contribution in [0.15, 0.2) is 11.3 Å². The number of hydrogen-bond acceptors (Lipinski definition) is 2. The van der Waals surface area contributed by atoms with Gasteiger partial charge in [0, 0.05) is 24.4 Å². The van der Waals surface area contributed by atoms with Crippen molar-refractivity contribution in [3.05, 3.63) is 11.3 Å². The highest BCUT2D eigenvalue weighted by Crippen LogP contribution is 2.20. The molecule has 0 unspecified atom stereocenters. The van der Waals surface area contributed by atoms with Gasteiger partial charge < -0.3 is 10.6 Å². The third-order valence-corrected chi connectivity index (χ3v) is 4.01. The lowest BCUT2D eigenvalue weighted by molar-refractivity contribution is -0.114. The van der Waals surface area contributed by atoms with Crippen LogP contribution in [0.3, 0.4) is 0 Å². The van der Waals surface area contributed by atoms with Crippen molar-refractivity contribution in [2.75, 3.05) is 13.1 Å².